The van der Waals surface area contributed by atoms with Crippen LogP contribution in [0.25, 0.3) is 5.82 Å². The largest absolute Gasteiger partial charge is 0.350 e. The van der Waals surface area contributed by atoms with Crippen molar-refractivity contribution < 1.29 is 9.59 Å². The van der Waals surface area contributed by atoms with Crippen molar-refractivity contribution in [3.63, 3.8) is 0 Å². The zero-order chi connectivity index (χ0) is 23.4. The van der Waals surface area contributed by atoms with Gasteiger partial charge in [-0.3, -0.25) is 9.59 Å². The fourth-order valence-electron chi connectivity index (χ4n) is 2.85. The predicted molar refractivity (Wildman–Crippen MR) is 126 cm³/mol. The van der Waals surface area contributed by atoms with Crippen molar-refractivity contribution in [1.82, 2.24) is 20.1 Å². The van der Waals surface area contributed by atoms with E-state index in [1.165, 1.54) is 29.1 Å². The Kier molecular flexibility index (Phi) is 7.50. The summed E-state index contributed by atoms with van der Waals surface area (Å²) in [5.74, 6) is -0.849. The molecule has 1 aromatic carbocycles. The molecule has 8 nitrogen and oxygen atoms in total. The summed E-state index contributed by atoms with van der Waals surface area (Å²) < 4.78 is 1.21. The minimum Gasteiger partial charge on any atom is -0.350 e. The first-order valence-corrected chi connectivity index (χ1v) is 10.7. The van der Waals surface area contributed by atoms with Crippen molar-refractivity contribution in [2.75, 3.05) is 5.32 Å². The van der Waals surface area contributed by atoms with E-state index in [0.717, 1.165) is 6.21 Å². The molecule has 2 heterocycles. The van der Waals surface area contributed by atoms with E-state index < -0.39 is 11.8 Å². The van der Waals surface area contributed by atoms with Gasteiger partial charge in [-0.25, -0.2) is 9.67 Å². The van der Waals surface area contributed by atoms with Crippen LogP contribution in [0.1, 0.15) is 46.7 Å². The molecule has 1 unspecified atom stereocenters. The van der Waals surface area contributed by atoms with E-state index in [0.29, 0.717) is 6.42 Å². The van der Waals surface area contributed by atoms with E-state index in [-0.39, 0.29) is 49.6 Å². The Balaban J connectivity index is 2.05. The van der Waals surface area contributed by atoms with Crippen LogP contribution in [0, 0.1) is 5.41 Å². The Morgan fingerprint density at radius 2 is 1.97 bits per heavy atom. The Morgan fingerprint density at radius 1 is 1.22 bits per heavy atom. The molecule has 0 aliphatic carbocycles. The molecule has 0 saturated heterocycles. The van der Waals surface area contributed by atoms with Crippen molar-refractivity contribution in [3.8, 4) is 5.82 Å². The number of aromatic nitrogens is 3. The van der Waals surface area contributed by atoms with Crippen LogP contribution in [0.3, 0.4) is 0 Å². The molecule has 0 aliphatic rings. The molecule has 0 radical (unpaired) electrons. The second kappa shape index (κ2) is 10.1. The first-order valence-electron chi connectivity index (χ1n) is 9.57. The number of halogens is 3. The molecule has 0 saturated carbocycles. The summed E-state index contributed by atoms with van der Waals surface area (Å²) in [7, 11) is 0. The van der Waals surface area contributed by atoms with Gasteiger partial charge in [-0.2, -0.15) is 5.10 Å². The molecule has 11 heteroatoms. The van der Waals surface area contributed by atoms with Crippen LogP contribution in [0.5, 0.6) is 0 Å². The van der Waals surface area contributed by atoms with Gasteiger partial charge < -0.3 is 16.0 Å². The van der Waals surface area contributed by atoms with E-state index in [9.17, 15) is 9.59 Å². The number of benzene rings is 1. The van der Waals surface area contributed by atoms with Gasteiger partial charge >= 0.3 is 0 Å². The summed E-state index contributed by atoms with van der Waals surface area (Å²) in [4.78, 5) is 30.2. The summed E-state index contributed by atoms with van der Waals surface area (Å²) in [5, 5.41) is 17.9. The Hall–Kier alpha value is -2.94. The zero-order valence-electron chi connectivity index (χ0n) is 17.1. The normalized spacial score (nSPS) is 11.7. The molecular weight excluding hydrogens is 475 g/mol. The molecule has 3 N–H and O–H groups in total. The molecule has 3 rings (SSSR count). The van der Waals surface area contributed by atoms with E-state index in [4.69, 9.17) is 40.2 Å². The van der Waals surface area contributed by atoms with Crippen LogP contribution in [-0.4, -0.2) is 38.8 Å². The third-order valence-electron chi connectivity index (χ3n) is 4.61. The molecule has 3 aromatic rings. The molecule has 0 bridgehead atoms. The topological polar surface area (TPSA) is 113 Å². The molecule has 32 heavy (non-hydrogen) atoms. The first kappa shape index (κ1) is 23.7. The lowest BCUT2D eigenvalue weighted by molar-refractivity contribution is 0.0940. The number of carbonyl (C=O) groups excluding carboxylic acids is 2. The van der Waals surface area contributed by atoms with Crippen LogP contribution in [-0.2, 0) is 0 Å². The summed E-state index contributed by atoms with van der Waals surface area (Å²) >= 11 is 18.4. The van der Waals surface area contributed by atoms with Crippen molar-refractivity contribution in [2.45, 2.75) is 26.3 Å². The maximum Gasteiger partial charge on any atom is 0.274 e. The molecule has 0 aliphatic heterocycles. The van der Waals surface area contributed by atoms with Crippen molar-refractivity contribution >= 4 is 58.5 Å². The quantitative estimate of drug-likeness (QED) is 0.402. The number of anilines is 1. The Morgan fingerprint density at radius 3 is 2.62 bits per heavy atom. The van der Waals surface area contributed by atoms with Gasteiger partial charge in [-0.15, -0.1) is 0 Å². The molecule has 166 valence electrons. The summed E-state index contributed by atoms with van der Waals surface area (Å²) in [6.45, 7) is 3.79. The number of pyridine rings is 1. The van der Waals surface area contributed by atoms with E-state index in [1.54, 1.807) is 12.1 Å². The van der Waals surface area contributed by atoms with Gasteiger partial charge in [0.25, 0.3) is 11.8 Å². The summed E-state index contributed by atoms with van der Waals surface area (Å²) in [6, 6.07) is 7.40. The lowest BCUT2D eigenvalue weighted by atomic mass is 10.1. The highest BCUT2D eigenvalue weighted by molar-refractivity contribution is 6.33. The maximum atomic E-state index is 13.2. The molecular formula is C21H19Cl3N6O2. The van der Waals surface area contributed by atoms with E-state index in [1.807, 2.05) is 13.8 Å². The standard InChI is InChI=1S/C21H19Cl3N6O2/c1-3-11(2)27-20(31)14-8-13(22)7-12(10-25)18(14)28-21(32)16-9-17(24)29-30(16)19-15(23)5-4-6-26-19/h4-11,25H,3H2,1-2H3,(H,27,31)(H,28,32). The third kappa shape index (κ3) is 5.09. The number of amides is 2. The monoisotopic (exact) mass is 492 g/mol. The van der Waals surface area contributed by atoms with E-state index in [2.05, 4.69) is 20.7 Å². The van der Waals surface area contributed by atoms with Crippen LogP contribution in [0.15, 0.2) is 36.5 Å². The maximum absolute atomic E-state index is 13.2. The molecule has 0 fully saturated rings. The number of carbonyl (C=O) groups is 2. The van der Waals surface area contributed by atoms with Gasteiger partial charge in [0.1, 0.15) is 5.69 Å². The second-order valence-corrected chi connectivity index (χ2v) is 8.10. The van der Waals surface area contributed by atoms with E-state index >= 15 is 0 Å². The highest BCUT2D eigenvalue weighted by Crippen LogP contribution is 2.27. The van der Waals surface area contributed by atoms with Gasteiger partial charge in [-0.1, -0.05) is 41.7 Å². The van der Waals surface area contributed by atoms with Crippen LogP contribution in [0.2, 0.25) is 15.2 Å². The summed E-state index contributed by atoms with van der Waals surface area (Å²) in [6.07, 6.45) is 3.22. The fourth-order valence-corrected chi connectivity index (χ4v) is 3.46. The number of nitrogens with one attached hydrogen (secondary N) is 3. The summed E-state index contributed by atoms with van der Waals surface area (Å²) in [5.41, 5.74) is 0.548. The molecule has 2 amide bonds. The number of nitrogens with zero attached hydrogens (tertiary/aromatic N) is 3. The van der Waals surface area contributed by atoms with Gasteiger partial charge in [-0.05, 0) is 37.6 Å². The number of hydrogen-bond donors (Lipinski definition) is 3. The Bertz CT molecular complexity index is 1190. The smallest absolute Gasteiger partial charge is 0.274 e. The number of hydrogen-bond acceptors (Lipinski definition) is 5. The van der Waals surface area contributed by atoms with Crippen molar-refractivity contribution in [1.29, 1.82) is 5.41 Å². The molecule has 2 aromatic heterocycles. The minimum absolute atomic E-state index is 0.0368. The van der Waals surface area contributed by atoms with Gasteiger partial charge in [0.05, 0.1) is 16.3 Å². The van der Waals surface area contributed by atoms with Crippen LogP contribution in [0.4, 0.5) is 5.69 Å². The highest BCUT2D eigenvalue weighted by atomic mass is 35.5. The average molecular weight is 494 g/mol. The molecule has 0 spiro atoms. The second-order valence-electron chi connectivity index (χ2n) is 6.87. The van der Waals surface area contributed by atoms with Crippen molar-refractivity contribution in [2.24, 2.45) is 0 Å². The lowest BCUT2D eigenvalue weighted by Crippen LogP contribution is -2.33. The molecule has 1 atom stereocenters. The van der Waals surface area contributed by atoms with Gasteiger partial charge in [0.2, 0.25) is 0 Å². The SMILES string of the molecule is CCC(C)NC(=O)c1cc(Cl)cc(C=N)c1NC(=O)c1cc(Cl)nn1-c1ncccc1Cl. The highest BCUT2D eigenvalue weighted by Gasteiger charge is 2.23. The fraction of sp³-hybridized carbons (Fsp3) is 0.190. The van der Waals surface area contributed by atoms with Crippen molar-refractivity contribution in [3.05, 3.63) is 68.5 Å². The minimum atomic E-state index is -0.630. The van der Waals surface area contributed by atoms with Gasteiger partial charge in [0.15, 0.2) is 11.0 Å². The third-order valence-corrected chi connectivity index (χ3v) is 5.31. The van der Waals surface area contributed by atoms with Gasteiger partial charge in [0, 0.05) is 35.1 Å². The van der Waals surface area contributed by atoms with Crippen LogP contribution >= 0.6 is 34.8 Å². The zero-order valence-corrected chi connectivity index (χ0v) is 19.4. The Labute approximate surface area is 199 Å². The number of rotatable bonds is 7. The average Bonchev–Trinajstić information content (AvgIpc) is 3.16. The lowest BCUT2D eigenvalue weighted by Gasteiger charge is -2.17. The predicted octanol–water partition coefficient (Wildman–Crippen LogP) is 5.01. The van der Waals surface area contributed by atoms with Crippen LogP contribution < -0.4 is 10.6 Å². The first-order chi connectivity index (χ1) is 15.2.